The van der Waals surface area contributed by atoms with Crippen LogP contribution in [-0.2, 0) is 6.61 Å². The van der Waals surface area contributed by atoms with Gasteiger partial charge in [-0.1, -0.05) is 21.1 Å². The molecule has 2 aromatic heterocycles. The van der Waals surface area contributed by atoms with Crippen molar-refractivity contribution in [1.82, 2.24) is 20.1 Å². The van der Waals surface area contributed by atoms with Crippen LogP contribution in [0.1, 0.15) is 11.7 Å². The van der Waals surface area contributed by atoms with Gasteiger partial charge in [0.25, 0.3) is 5.89 Å². The SMILES string of the molecule is Cc1noc(COc2ccc(Nc3ncnc4ccc(Br)cc34)cc2)n1. The van der Waals surface area contributed by atoms with E-state index in [0.717, 1.165) is 26.9 Å². The van der Waals surface area contributed by atoms with E-state index in [9.17, 15) is 0 Å². The molecule has 7 nitrogen and oxygen atoms in total. The van der Waals surface area contributed by atoms with Crippen LogP contribution in [0.25, 0.3) is 10.9 Å². The number of aromatic nitrogens is 4. The maximum absolute atomic E-state index is 5.64. The van der Waals surface area contributed by atoms with E-state index in [1.165, 1.54) is 0 Å². The lowest BCUT2D eigenvalue weighted by molar-refractivity contribution is 0.242. The van der Waals surface area contributed by atoms with Crippen LogP contribution in [0.2, 0.25) is 0 Å². The fraction of sp³-hybridized carbons (Fsp3) is 0.111. The van der Waals surface area contributed by atoms with Gasteiger partial charge in [0.05, 0.1) is 5.52 Å². The third-order valence-corrected chi connectivity index (χ3v) is 4.14. The van der Waals surface area contributed by atoms with E-state index in [1.54, 1.807) is 13.3 Å². The first-order valence-electron chi connectivity index (χ1n) is 7.87. The molecule has 2 heterocycles. The highest BCUT2D eigenvalue weighted by Crippen LogP contribution is 2.26. The standard InChI is InChI=1S/C18H14BrN5O2/c1-11-22-17(26-24-11)9-25-14-5-3-13(4-6-14)23-18-15-8-12(19)2-7-16(15)20-10-21-18/h2-8,10H,9H2,1H3,(H,20,21,23). The second kappa shape index (κ2) is 7.09. The second-order valence-corrected chi connectivity index (χ2v) is 6.47. The highest BCUT2D eigenvalue weighted by Gasteiger charge is 2.06. The van der Waals surface area contributed by atoms with Gasteiger partial charge >= 0.3 is 0 Å². The average Bonchev–Trinajstić information content (AvgIpc) is 3.07. The predicted octanol–water partition coefficient (Wildman–Crippen LogP) is 4.41. The molecule has 4 rings (SSSR count). The molecule has 0 unspecified atom stereocenters. The largest absolute Gasteiger partial charge is 0.484 e. The van der Waals surface area contributed by atoms with Crippen molar-refractivity contribution in [2.75, 3.05) is 5.32 Å². The van der Waals surface area contributed by atoms with Gasteiger partial charge in [-0.2, -0.15) is 4.98 Å². The Morgan fingerprint density at radius 3 is 2.73 bits per heavy atom. The summed E-state index contributed by atoms with van der Waals surface area (Å²) in [7, 11) is 0. The normalized spacial score (nSPS) is 10.8. The number of benzene rings is 2. The lowest BCUT2D eigenvalue weighted by atomic mass is 10.2. The molecule has 1 N–H and O–H groups in total. The van der Waals surface area contributed by atoms with E-state index < -0.39 is 0 Å². The summed E-state index contributed by atoms with van der Waals surface area (Å²) in [5.74, 6) is 2.49. The lowest BCUT2D eigenvalue weighted by Gasteiger charge is -2.09. The summed E-state index contributed by atoms with van der Waals surface area (Å²) in [6.45, 7) is 2.00. The molecule has 0 aliphatic rings. The first kappa shape index (κ1) is 16.5. The maximum Gasteiger partial charge on any atom is 0.264 e. The van der Waals surface area contributed by atoms with Crippen molar-refractivity contribution in [1.29, 1.82) is 0 Å². The van der Waals surface area contributed by atoms with Crippen LogP contribution in [0, 0.1) is 6.92 Å². The molecule has 0 aliphatic carbocycles. The van der Waals surface area contributed by atoms with Gasteiger partial charge < -0.3 is 14.6 Å². The smallest absolute Gasteiger partial charge is 0.264 e. The van der Waals surface area contributed by atoms with E-state index in [4.69, 9.17) is 9.26 Å². The number of hydrogen-bond donors (Lipinski definition) is 1. The van der Waals surface area contributed by atoms with Crippen LogP contribution in [0.4, 0.5) is 11.5 Å². The van der Waals surface area contributed by atoms with Gasteiger partial charge in [0.1, 0.15) is 17.9 Å². The molecule has 0 radical (unpaired) electrons. The third kappa shape index (κ3) is 3.65. The highest BCUT2D eigenvalue weighted by molar-refractivity contribution is 9.10. The zero-order chi connectivity index (χ0) is 17.9. The van der Waals surface area contributed by atoms with E-state index in [0.29, 0.717) is 17.5 Å². The number of fused-ring (bicyclic) bond motifs is 1. The minimum absolute atomic E-state index is 0.234. The molecular weight excluding hydrogens is 398 g/mol. The Morgan fingerprint density at radius 1 is 1.12 bits per heavy atom. The molecule has 0 spiro atoms. The topological polar surface area (TPSA) is 86.0 Å². The Bertz CT molecular complexity index is 1050. The number of anilines is 2. The van der Waals surface area contributed by atoms with Crippen molar-refractivity contribution in [3.63, 3.8) is 0 Å². The van der Waals surface area contributed by atoms with Crippen molar-refractivity contribution in [2.45, 2.75) is 13.5 Å². The summed E-state index contributed by atoms with van der Waals surface area (Å²) in [5.41, 5.74) is 1.77. The highest BCUT2D eigenvalue weighted by atomic mass is 79.9. The van der Waals surface area contributed by atoms with Crippen LogP contribution >= 0.6 is 15.9 Å². The molecule has 8 heteroatoms. The van der Waals surface area contributed by atoms with Crippen LogP contribution in [0.15, 0.2) is 57.8 Å². The number of hydrogen-bond acceptors (Lipinski definition) is 7. The van der Waals surface area contributed by atoms with Crippen LogP contribution in [-0.4, -0.2) is 20.1 Å². The van der Waals surface area contributed by atoms with Crippen molar-refractivity contribution in [2.24, 2.45) is 0 Å². The molecule has 0 fully saturated rings. The van der Waals surface area contributed by atoms with Crippen molar-refractivity contribution >= 4 is 38.3 Å². The minimum atomic E-state index is 0.234. The summed E-state index contributed by atoms with van der Waals surface area (Å²) in [6.07, 6.45) is 1.54. The van der Waals surface area contributed by atoms with E-state index in [1.807, 2.05) is 42.5 Å². The van der Waals surface area contributed by atoms with E-state index in [2.05, 4.69) is 41.4 Å². The number of ether oxygens (including phenoxy) is 1. The van der Waals surface area contributed by atoms with Crippen molar-refractivity contribution in [3.05, 3.63) is 65.0 Å². The molecule has 26 heavy (non-hydrogen) atoms. The molecule has 0 aliphatic heterocycles. The zero-order valence-electron chi connectivity index (χ0n) is 13.8. The maximum atomic E-state index is 5.64. The van der Waals surface area contributed by atoms with Crippen molar-refractivity contribution < 1.29 is 9.26 Å². The molecule has 4 aromatic rings. The van der Waals surface area contributed by atoms with Gasteiger partial charge in [0.15, 0.2) is 12.4 Å². The third-order valence-electron chi connectivity index (χ3n) is 3.65. The first-order chi connectivity index (χ1) is 12.7. The fourth-order valence-electron chi connectivity index (χ4n) is 2.44. The summed E-state index contributed by atoms with van der Waals surface area (Å²) in [6, 6.07) is 13.5. The number of nitrogens with one attached hydrogen (secondary N) is 1. The molecule has 0 saturated heterocycles. The molecule has 130 valence electrons. The molecule has 2 aromatic carbocycles. The monoisotopic (exact) mass is 411 g/mol. The number of aryl methyl sites for hydroxylation is 1. The summed E-state index contributed by atoms with van der Waals surface area (Å²) >= 11 is 3.48. The summed E-state index contributed by atoms with van der Waals surface area (Å²) < 4.78 is 11.6. The molecule has 0 amide bonds. The second-order valence-electron chi connectivity index (χ2n) is 5.56. The van der Waals surface area contributed by atoms with Gasteiger partial charge in [-0.15, -0.1) is 0 Å². The van der Waals surface area contributed by atoms with Gasteiger partial charge in [-0.3, -0.25) is 0 Å². The first-order valence-corrected chi connectivity index (χ1v) is 8.66. The Labute approximate surface area is 157 Å². The van der Waals surface area contributed by atoms with Gasteiger partial charge in [0.2, 0.25) is 0 Å². The predicted molar refractivity (Wildman–Crippen MR) is 100 cm³/mol. The van der Waals surface area contributed by atoms with Gasteiger partial charge in [0, 0.05) is 15.5 Å². The Kier molecular flexibility index (Phi) is 4.49. The number of halogens is 1. The van der Waals surface area contributed by atoms with Crippen LogP contribution in [0.5, 0.6) is 5.75 Å². The quantitative estimate of drug-likeness (QED) is 0.520. The van der Waals surface area contributed by atoms with E-state index in [-0.39, 0.29) is 6.61 Å². The van der Waals surface area contributed by atoms with Crippen LogP contribution in [0.3, 0.4) is 0 Å². The van der Waals surface area contributed by atoms with Gasteiger partial charge in [-0.25, -0.2) is 9.97 Å². The fourth-order valence-corrected chi connectivity index (χ4v) is 2.80. The Morgan fingerprint density at radius 2 is 1.96 bits per heavy atom. The summed E-state index contributed by atoms with van der Waals surface area (Å²) in [4.78, 5) is 12.7. The average molecular weight is 412 g/mol. The van der Waals surface area contributed by atoms with Crippen molar-refractivity contribution in [3.8, 4) is 5.75 Å². The zero-order valence-corrected chi connectivity index (χ0v) is 15.4. The summed E-state index contributed by atoms with van der Waals surface area (Å²) in [5, 5.41) is 7.98. The molecule has 0 atom stereocenters. The molecular formula is C18H14BrN5O2. The minimum Gasteiger partial charge on any atom is -0.484 e. The number of rotatable bonds is 5. The number of nitrogens with zero attached hydrogens (tertiary/aromatic N) is 4. The molecule has 0 bridgehead atoms. The van der Waals surface area contributed by atoms with E-state index >= 15 is 0 Å². The lowest BCUT2D eigenvalue weighted by Crippen LogP contribution is -1.98. The van der Waals surface area contributed by atoms with Crippen LogP contribution < -0.4 is 10.1 Å². The van der Waals surface area contributed by atoms with Gasteiger partial charge in [-0.05, 0) is 49.4 Å². The molecule has 0 saturated carbocycles. The Balaban J connectivity index is 1.48. The Hall–Kier alpha value is -3.00.